The zero-order valence-electron chi connectivity index (χ0n) is 57.2. The normalized spacial score (nSPS) is 33.1. The van der Waals surface area contributed by atoms with E-state index < -0.39 is 76.1 Å². The van der Waals surface area contributed by atoms with E-state index in [0.717, 1.165) is 147 Å². The number of benzene rings is 15. The zero-order chi connectivity index (χ0) is 69.9. The van der Waals surface area contributed by atoms with Gasteiger partial charge in [-0.2, -0.15) is 0 Å². The molecule has 4 aliphatic heterocycles. The van der Waals surface area contributed by atoms with Crippen LogP contribution >= 0.6 is 0 Å². The Morgan fingerprint density at radius 3 is 2.17 bits per heavy atom. The third-order valence-electron chi connectivity index (χ3n) is 35.8. The second-order valence-corrected chi connectivity index (χ2v) is 38.0. The summed E-state index contributed by atoms with van der Waals surface area (Å²) < 4.78 is 33.6. The van der Waals surface area contributed by atoms with Crippen LogP contribution in [0.4, 0.5) is 0 Å². The van der Waals surface area contributed by atoms with Crippen molar-refractivity contribution in [2.24, 2.45) is 11.8 Å². The van der Waals surface area contributed by atoms with Crippen molar-refractivity contribution in [3.63, 3.8) is 0 Å². The molecule has 0 bridgehead atoms. The highest BCUT2D eigenvalue weighted by Crippen LogP contribution is 2.92. The Kier molecular flexibility index (Phi) is 5.71. The van der Waals surface area contributed by atoms with Crippen molar-refractivity contribution < 1.29 is 58.9 Å². The van der Waals surface area contributed by atoms with Gasteiger partial charge in [-0.3, -0.25) is 0 Å². The van der Waals surface area contributed by atoms with Crippen molar-refractivity contribution >= 4 is 199 Å². The lowest BCUT2D eigenvalue weighted by Crippen LogP contribution is -2.59. The Bertz CT molecular complexity index is 9370. The van der Waals surface area contributed by atoms with Crippen molar-refractivity contribution in [1.82, 2.24) is 0 Å². The van der Waals surface area contributed by atoms with Crippen molar-refractivity contribution in [2.75, 3.05) is 0 Å². The first kappa shape index (κ1) is 49.7. The number of aliphatic hydroxyl groups excluding tert-OH is 1. The number of aryl methyl sites for hydroxylation is 2. The fraction of sp³-hybridized carbons (Fsp3) is 0.182. The van der Waals surface area contributed by atoms with Crippen LogP contribution in [0.15, 0.2) is 77.9 Å². The zero-order valence-corrected chi connectivity index (χ0v) is 57.2. The molecule has 14 atom stereocenters. The summed E-state index contributed by atoms with van der Waals surface area (Å²) in [6.07, 6.45) is 10.3. The Hall–Kier alpha value is -12.3. The number of phenolic OH excluding ortho intramolecular Hbond substituents is 1. The molecule has 504 valence electrons. The molecule has 12 heteroatoms. The third-order valence-corrected chi connectivity index (χ3v) is 35.8. The molecule has 0 radical (unpaired) electrons. The van der Waals surface area contributed by atoms with Gasteiger partial charge in [0.2, 0.25) is 0 Å². The lowest BCUT2D eigenvalue weighted by Gasteiger charge is -2.58. The van der Waals surface area contributed by atoms with Crippen molar-refractivity contribution in [1.29, 1.82) is 0 Å². The van der Waals surface area contributed by atoms with Crippen LogP contribution in [0, 0.1) is 11.8 Å². The molecule has 5 spiro atoms. The summed E-state index contributed by atoms with van der Waals surface area (Å²) in [5.74, 6) is -4.59. The number of carboxylic acid groups (broad SMARTS) is 3. The number of hydrogen-bond donors (Lipinski definition) is 5. The minimum Gasteiger partial charge on any atom is -0.511 e. The molecule has 0 saturated carbocycles. The highest BCUT2D eigenvalue weighted by Gasteiger charge is 2.91. The first-order valence-electron chi connectivity index (χ1n) is 39.9. The minimum atomic E-state index is -1.17. The van der Waals surface area contributed by atoms with E-state index in [4.69, 9.17) is 14.2 Å². The Balaban J connectivity index is 0.887. The average Bonchev–Trinajstić information content (AvgIpc) is 1.40. The van der Waals surface area contributed by atoms with Gasteiger partial charge in [0.25, 0.3) is 0 Å². The molecule has 13 unspecified atom stereocenters. The maximum atomic E-state index is 14.9. The van der Waals surface area contributed by atoms with Gasteiger partial charge in [0.15, 0.2) is 11.2 Å². The summed E-state index contributed by atoms with van der Waals surface area (Å²) >= 11 is 0. The second-order valence-electron chi connectivity index (χ2n) is 38.0. The summed E-state index contributed by atoms with van der Waals surface area (Å²) in [6, 6.07) is 21.2. The van der Waals surface area contributed by atoms with Crippen LogP contribution in [0.1, 0.15) is 177 Å². The molecule has 0 amide bonds. The molecule has 15 aromatic rings. The van der Waals surface area contributed by atoms with Crippen molar-refractivity contribution in [3.8, 4) is 5.75 Å². The highest BCUT2D eigenvalue weighted by molar-refractivity contribution is 6.50. The number of phenols is 1. The molecule has 21 aliphatic carbocycles. The lowest BCUT2D eigenvalue weighted by atomic mass is 9.40. The summed E-state index contributed by atoms with van der Waals surface area (Å²) in [7, 11) is 0. The van der Waals surface area contributed by atoms with Gasteiger partial charge in [0.05, 0.1) is 16.7 Å². The molecule has 4 heterocycles. The van der Waals surface area contributed by atoms with Crippen LogP contribution in [0.2, 0.25) is 0 Å². The van der Waals surface area contributed by atoms with Gasteiger partial charge in [0.1, 0.15) is 46.6 Å². The third kappa shape index (κ3) is 3.57. The molecule has 111 heavy (non-hydrogen) atoms. The van der Waals surface area contributed by atoms with Crippen LogP contribution in [-0.2, 0) is 61.4 Å². The summed E-state index contributed by atoms with van der Waals surface area (Å²) in [4.78, 5) is 43.9. The maximum absolute atomic E-state index is 14.9. The number of aliphatic hydroxyl groups is 1. The van der Waals surface area contributed by atoms with Gasteiger partial charge in [-0.15, -0.1) is 0 Å². The van der Waals surface area contributed by atoms with Gasteiger partial charge >= 0.3 is 17.9 Å². The minimum absolute atomic E-state index is 0.0909. The lowest BCUT2D eigenvalue weighted by molar-refractivity contribution is 0.0685. The van der Waals surface area contributed by atoms with Gasteiger partial charge in [-0.05, 0) is 330 Å². The number of carbonyl (C=O) groups is 3. The number of epoxide rings is 4. The predicted octanol–water partition coefficient (Wildman–Crippen LogP) is 12.0. The van der Waals surface area contributed by atoms with E-state index in [2.05, 4.69) is 60.7 Å². The number of carboxylic acids is 3. The van der Waals surface area contributed by atoms with Crippen molar-refractivity contribution in [3.05, 3.63) is 248 Å². The second kappa shape index (κ2) is 12.8. The average molecular weight is 1420 g/mol. The molecule has 40 rings (SSSR count). The maximum Gasteiger partial charge on any atom is 0.336 e. The highest BCUT2D eigenvalue weighted by atomic mass is 16.6. The molecule has 5 N–H and O–H groups in total. The van der Waals surface area contributed by atoms with Gasteiger partial charge in [-0.25, -0.2) is 14.4 Å². The molecule has 15 aromatic carbocycles. The summed E-state index contributed by atoms with van der Waals surface area (Å²) in [6.45, 7) is 0. The molecular weight excluding hydrogens is 1380 g/mol. The largest absolute Gasteiger partial charge is 0.511 e. The van der Waals surface area contributed by atoms with Crippen LogP contribution in [0.25, 0.3) is 181 Å². The van der Waals surface area contributed by atoms with E-state index in [0.29, 0.717) is 47.8 Å². The number of fused-ring (bicyclic) bond motifs is 8. The van der Waals surface area contributed by atoms with E-state index in [1.807, 2.05) is 24.3 Å². The Morgan fingerprint density at radius 2 is 1.28 bits per heavy atom. The predicted molar refractivity (Wildman–Crippen MR) is 409 cm³/mol. The van der Waals surface area contributed by atoms with E-state index in [9.17, 15) is 44.7 Å². The quantitative estimate of drug-likeness (QED) is 0.0637. The molecule has 0 aromatic heterocycles. The number of ether oxygens (including phenoxy) is 4. The smallest absolute Gasteiger partial charge is 0.336 e. The first-order valence-corrected chi connectivity index (χ1v) is 39.9. The number of allylic oxidation sites excluding steroid dienone is 3. The standard InChI is InChI=1S/C99H36O12/c100-38-15-22-13-37(94(106)107)45-28-8-6-25-24-3-1-2-19-11-34-49-55(39(19)24)60-46(25)47(28)68-71-56(45)40(22)48-32(38)14-23-18-95-80-67-51-36(91(95)109-95)16-30-27(92(102)103)7-9-29-44(30)58(51)62-61-53(29)89-90(108-89)54-33-17-31(93(104)105)26-5-4-20-10-21-12-35(88(34)101)50-57-43(21)81-42(20)52(26)79(33)96-84(69(54)61)73-63(62)65(67)75-77-76(73)85(97(81,96)110-96)72(57)74-64(59(49)50)70(60)83(68)98(86(74)77)99(111-98)82(71)66(48)41(23)78(80)87(75)99/h1-5,7,9,12-18,20,34,51,58,86-87,89-91,100-101H,6,8,10-11H2,(H,102,103)(H,104,105)(H,106,107)/t20?,34?,51?,58?,86?,87?,89?,90?,91?,95?,96?,97-,98?,99?/m0/s1. The van der Waals surface area contributed by atoms with Crippen molar-refractivity contribution in [2.45, 2.75) is 95.7 Å². The van der Waals surface area contributed by atoms with Gasteiger partial charge < -0.3 is 44.5 Å². The number of hydrogen-bond acceptors (Lipinski definition) is 9. The SMILES string of the molecule is O=C(O)c1cc2c3c4c1C=CC1Cc5cc6c7c8c5C(=C41)[C@@]14OC31c1c3c5c9c%10c%11c%12c%13c(c1%10)C4=c8c1c4c7c7c8c%10c(cccc%10c%10c%14c%15c(c%16c(C(=O)O)cc%17cc(O)c%18cc%19c%20c%21c%22c(c%15c(c4c8%14)C4(OC%224C%12C=%20C4=C%11C8C(=Cc%11c(C(=O)O)ccc(c%11C98)C=5C5OC5C=32)C2OC42C=%19)C%131)c%16c%17c%18%21)CC%10)CC7C=6O. The van der Waals surface area contributed by atoms with Gasteiger partial charge in [-0.1, -0.05) is 42.5 Å². The molecule has 4 saturated heterocycles. The molecule has 25 aliphatic rings. The molecule has 4 fully saturated rings. The van der Waals surface area contributed by atoms with E-state index in [1.165, 1.54) is 159 Å². The van der Waals surface area contributed by atoms with Crippen LogP contribution in [0.5, 0.6) is 5.75 Å². The topological polar surface area (TPSA) is 202 Å². The number of aromatic carboxylic acids is 3. The Morgan fingerprint density at radius 1 is 0.477 bits per heavy atom. The van der Waals surface area contributed by atoms with Crippen LogP contribution in [0.3, 0.4) is 0 Å². The first-order chi connectivity index (χ1) is 54.4. The number of aromatic hydroxyl groups is 1. The van der Waals surface area contributed by atoms with E-state index >= 15 is 0 Å². The fourth-order valence-electron chi connectivity index (χ4n) is 33.9. The van der Waals surface area contributed by atoms with Crippen LogP contribution < -0.4 is 31.3 Å². The Labute approximate surface area is 616 Å². The van der Waals surface area contributed by atoms with Crippen LogP contribution in [-0.4, -0.2) is 73.0 Å². The summed E-state index contributed by atoms with van der Waals surface area (Å²) in [5.41, 5.74) is 30.4. The monoisotopic (exact) mass is 1420 g/mol. The summed E-state index contributed by atoms with van der Waals surface area (Å²) in [5, 5.41) is 94.1. The molecular formula is C99H36O12. The fourth-order valence-corrected chi connectivity index (χ4v) is 33.9. The van der Waals surface area contributed by atoms with Gasteiger partial charge in [0, 0.05) is 95.7 Å². The number of rotatable bonds is 3. The molecule has 12 nitrogen and oxygen atoms in total. The van der Waals surface area contributed by atoms with E-state index in [-0.39, 0.29) is 46.1 Å². The van der Waals surface area contributed by atoms with E-state index in [1.54, 1.807) is 0 Å².